The Hall–Kier alpha value is -3.93. The van der Waals surface area contributed by atoms with Crippen LogP contribution in [0.1, 0.15) is 323 Å². The van der Waals surface area contributed by atoms with Gasteiger partial charge in [0.1, 0.15) is 13.2 Å². The third-order valence-corrected chi connectivity index (χ3v) is 14.5. The standard InChI is InChI=1S/C74H126O6/c1-4-7-10-13-16-19-21-23-25-27-29-31-32-33-34-35-36-37-38-39-40-41-42-44-45-47-49-51-53-55-58-61-64-67-73(76)79-70-71(69-78-72(75)66-63-60-57-18-15-12-9-6-3)80-74(77)68-65-62-59-56-54-52-50-48-46-43-30-28-26-24-22-20-17-14-11-8-5-2/h7-8,10-11,16-17,19-20,23-26,29-31,43,48,50,71H,4-6,9,12-15,18,21-22,27-28,32-42,44-47,49,51-70H2,1-3H3/b10-7-,11-8-,19-16-,20-17-,25-23-,26-24-,31-29-,43-30-,50-48-. The number of carbonyl (C=O) groups is 3. The molecule has 0 N–H and O–H groups in total. The van der Waals surface area contributed by atoms with Crippen LogP contribution >= 0.6 is 0 Å². The maximum Gasteiger partial charge on any atom is 0.306 e. The zero-order valence-corrected chi connectivity index (χ0v) is 52.6. The Bertz CT molecular complexity index is 1610. The molecule has 6 nitrogen and oxygen atoms in total. The minimum atomic E-state index is -0.786. The molecule has 0 radical (unpaired) electrons. The SMILES string of the molecule is CC/C=C\C/C=C\C/C=C\C/C=C\C/C=C\CCCCCCCC(=O)OC(COC(=O)CCCCCCCCCC)COC(=O)CCCCCCCCCCCCCCCCCCCCCC/C=C\C/C=C\C/C=C\C/C=C\CC. The molecular weight excluding hydrogens is 985 g/mol. The Balaban J connectivity index is 4.09. The van der Waals surface area contributed by atoms with E-state index in [-0.39, 0.29) is 31.1 Å². The van der Waals surface area contributed by atoms with Gasteiger partial charge in [0.15, 0.2) is 6.10 Å². The van der Waals surface area contributed by atoms with Crippen molar-refractivity contribution in [3.8, 4) is 0 Å². The highest BCUT2D eigenvalue weighted by molar-refractivity contribution is 5.71. The van der Waals surface area contributed by atoms with Gasteiger partial charge < -0.3 is 14.2 Å². The monoisotopic (exact) mass is 1110 g/mol. The summed E-state index contributed by atoms with van der Waals surface area (Å²) in [6, 6.07) is 0. The van der Waals surface area contributed by atoms with Crippen molar-refractivity contribution in [1.29, 1.82) is 0 Å². The molecule has 6 heteroatoms. The zero-order chi connectivity index (χ0) is 57.8. The number of rotatable bonds is 61. The van der Waals surface area contributed by atoms with Gasteiger partial charge in [-0.15, -0.1) is 0 Å². The van der Waals surface area contributed by atoms with Crippen LogP contribution in [-0.2, 0) is 28.6 Å². The molecule has 0 rings (SSSR count). The molecule has 80 heavy (non-hydrogen) atoms. The van der Waals surface area contributed by atoms with E-state index in [0.29, 0.717) is 19.3 Å². The third kappa shape index (κ3) is 64.9. The number of carbonyl (C=O) groups excluding carboxylic acids is 3. The average molecular weight is 1110 g/mol. The summed E-state index contributed by atoms with van der Waals surface area (Å²) in [5.74, 6) is -0.895. The van der Waals surface area contributed by atoms with Gasteiger partial charge in [0, 0.05) is 19.3 Å². The van der Waals surface area contributed by atoms with Crippen molar-refractivity contribution in [1.82, 2.24) is 0 Å². The van der Waals surface area contributed by atoms with Gasteiger partial charge >= 0.3 is 17.9 Å². The topological polar surface area (TPSA) is 78.9 Å². The Morgan fingerprint density at radius 1 is 0.263 bits per heavy atom. The lowest BCUT2D eigenvalue weighted by Gasteiger charge is -2.18. The normalized spacial score (nSPS) is 12.8. The fourth-order valence-corrected chi connectivity index (χ4v) is 9.52. The number of hydrogen-bond acceptors (Lipinski definition) is 6. The molecule has 0 aliphatic carbocycles. The first-order chi connectivity index (χ1) is 39.5. The minimum absolute atomic E-state index is 0.0826. The van der Waals surface area contributed by atoms with Gasteiger partial charge in [0.25, 0.3) is 0 Å². The number of unbranched alkanes of at least 4 members (excludes halogenated alkanes) is 32. The highest BCUT2D eigenvalue weighted by atomic mass is 16.6. The molecule has 0 bridgehead atoms. The van der Waals surface area contributed by atoms with Gasteiger partial charge in [-0.1, -0.05) is 310 Å². The van der Waals surface area contributed by atoms with E-state index in [1.54, 1.807) is 0 Å². The summed E-state index contributed by atoms with van der Waals surface area (Å²) in [6.45, 7) is 6.39. The Labute approximate surface area is 495 Å². The molecular formula is C74H126O6. The first kappa shape index (κ1) is 76.1. The van der Waals surface area contributed by atoms with E-state index >= 15 is 0 Å². The van der Waals surface area contributed by atoms with E-state index in [2.05, 4.69) is 130 Å². The van der Waals surface area contributed by atoms with Crippen LogP contribution in [0.5, 0.6) is 0 Å². The lowest BCUT2D eigenvalue weighted by atomic mass is 10.0. The first-order valence-electron chi connectivity index (χ1n) is 33.9. The van der Waals surface area contributed by atoms with Gasteiger partial charge in [-0.2, -0.15) is 0 Å². The van der Waals surface area contributed by atoms with Crippen molar-refractivity contribution in [2.45, 2.75) is 329 Å². The molecule has 0 amide bonds. The molecule has 0 saturated heterocycles. The van der Waals surface area contributed by atoms with E-state index in [0.717, 1.165) is 135 Å². The Morgan fingerprint density at radius 2 is 0.487 bits per heavy atom. The molecule has 0 aromatic carbocycles. The third-order valence-electron chi connectivity index (χ3n) is 14.5. The van der Waals surface area contributed by atoms with Crippen molar-refractivity contribution >= 4 is 17.9 Å². The summed E-state index contributed by atoms with van der Waals surface area (Å²) < 4.78 is 16.9. The lowest BCUT2D eigenvalue weighted by Crippen LogP contribution is -2.30. The van der Waals surface area contributed by atoms with Crippen LogP contribution in [0.3, 0.4) is 0 Å². The highest BCUT2D eigenvalue weighted by Crippen LogP contribution is 2.17. The Morgan fingerprint density at radius 3 is 0.762 bits per heavy atom. The summed E-state index contributed by atoms with van der Waals surface area (Å²) in [4.78, 5) is 38.2. The van der Waals surface area contributed by atoms with Crippen LogP contribution in [0.4, 0.5) is 0 Å². The fraction of sp³-hybridized carbons (Fsp3) is 0.716. The van der Waals surface area contributed by atoms with Gasteiger partial charge in [-0.25, -0.2) is 0 Å². The van der Waals surface area contributed by atoms with Crippen molar-refractivity contribution < 1.29 is 28.6 Å². The summed E-state index contributed by atoms with van der Waals surface area (Å²) >= 11 is 0. The molecule has 0 heterocycles. The number of hydrogen-bond donors (Lipinski definition) is 0. The summed E-state index contributed by atoms with van der Waals surface area (Å²) in [5, 5.41) is 0. The molecule has 0 aromatic heterocycles. The van der Waals surface area contributed by atoms with Gasteiger partial charge in [0.05, 0.1) is 0 Å². The van der Waals surface area contributed by atoms with Crippen LogP contribution in [0, 0.1) is 0 Å². The molecule has 0 spiro atoms. The molecule has 458 valence electrons. The van der Waals surface area contributed by atoms with Crippen LogP contribution in [0.15, 0.2) is 109 Å². The first-order valence-corrected chi connectivity index (χ1v) is 33.9. The molecule has 0 aromatic rings. The van der Waals surface area contributed by atoms with Crippen LogP contribution < -0.4 is 0 Å². The second-order valence-electron chi connectivity index (χ2n) is 22.3. The lowest BCUT2D eigenvalue weighted by molar-refractivity contribution is -0.167. The maximum atomic E-state index is 12.9. The average Bonchev–Trinajstić information content (AvgIpc) is 3.46. The minimum Gasteiger partial charge on any atom is -0.462 e. The number of ether oxygens (including phenoxy) is 3. The second-order valence-corrected chi connectivity index (χ2v) is 22.3. The van der Waals surface area contributed by atoms with E-state index in [9.17, 15) is 14.4 Å². The second kappa shape index (κ2) is 67.6. The fourth-order valence-electron chi connectivity index (χ4n) is 9.52. The molecule has 0 aliphatic heterocycles. The molecule has 0 saturated carbocycles. The van der Waals surface area contributed by atoms with Crippen molar-refractivity contribution in [2.75, 3.05) is 13.2 Å². The molecule has 1 unspecified atom stereocenters. The van der Waals surface area contributed by atoms with Gasteiger partial charge in [-0.05, 0) is 103 Å². The predicted molar refractivity (Wildman–Crippen MR) is 348 cm³/mol. The van der Waals surface area contributed by atoms with E-state index in [4.69, 9.17) is 14.2 Å². The molecule has 0 aliphatic rings. The van der Waals surface area contributed by atoms with Crippen molar-refractivity contribution in [2.24, 2.45) is 0 Å². The smallest absolute Gasteiger partial charge is 0.306 e. The number of allylic oxidation sites excluding steroid dienone is 18. The maximum absolute atomic E-state index is 12.9. The number of esters is 3. The van der Waals surface area contributed by atoms with Crippen LogP contribution in [0.25, 0.3) is 0 Å². The Kier molecular flexibility index (Phi) is 64.3. The summed E-state index contributed by atoms with van der Waals surface area (Å²) in [5.41, 5.74) is 0. The summed E-state index contributed by atoms with van der Waals surface area (Å²) in [6.07, 6.45) is 92.8. The highest BCUT2D eigenvalue weighted by Gasteiger charge is 2.19. The quantitative estimate of drug-likeness (QED) is 0.0261. The van der Waals surface area contributed by atoms with Crippen LogP contribution in [-0.4, -0.2) is 37.2 Å². The van der Waals surface area contributed by atoms with E-state index in [1.165, 1.54) is 148 Å². The van der Waals surface area contributed by atoms with Crippen LogP contribution in [0.2, 0.25) is 0 Å². The van der Waals surface area contributed by atoms with Gasteiger partial charge in [-0.3, -0.25) is 14.4 Å². The van der Waals surface area contributed by atoms with Crippen molar-refractivity contribution in [3.63, 3.8) is 0 Å². The molecule has 1 atom stereocenters. The zero-order valence-electron chi connectivity index (χ0n) is 52.6. The predicted octanol–water partition coefficient (Wildman–Crippen LogP) is 23.4. The van der Waals surface area contributed by atoms with Gasteiger partial charge in [0.2, 0.25) is 0 Å². The van der Waals surface area contributed by atoms with Crippen molar-refractivity contribution in [3.05, 3.63) is 109 Å². The molecule has 0 fully saturated rings. The summed E-state index contributed by atoms with van der Waals surface area (Å²) in [7, 11) is 0. The van der Waals surface area contributed by atoms with E-state index < -0.39 is 6.10 Å². The van der Waals surface area contributed by atoms with E-state index in [1.807, 2.05) is 0 Å². The largest absolute Gasteiger partial charge is 0.462 e.